The number of carbonyl (C=O) groups excluding carboxylic acids is 3. The standard InChI is InChI=1S/C18H16N2O4/c1-20-12-7-9(8-13(21)24-2)16(19)15-14(12)17(22)10-5-3-4-6-11(10)18(15)23/h3-7,20H,8,19H2,1-2H3. The lowest BCUT2D eigenvalue weighted by molar-refractivity contribution is -0.139. The predicted molar refractivity (Wildman–Crippen MR) is 89.4 cm³/mol. The molecule has 3 N–H and O–H groups in total. The average Bonchev–Trinajstić information content (AvgIpc) is 2.60. The van der Waals surface area contributed by atoms with Crippen LogP contribution >= 0.6 is 0 Å². The third-order valence-electron chi connectivity index (χ3n) is 4.16. The quantitative estimate of drug-likeness (QED) is 0.563. The van der Waals surface area contributed by atoms with E-state index in [0.29, 0.717) is 22.4 Å². The van der Waals surface area contributed by atoms with Gasteiger partial charge in [-0.05, 0) is 11.6 Å². The van der Waals surface area contributed by atoms with Crippen LogP contribution in [0.1, 0.15) is 37.4 Å². The van der Waals surface area contributed by atoms with E-state index in [4.69, 9.17) is 5.73 Å². The van der Waals surface area contributed by atoms with E-state index in [1.54, 1.807) is 37.4 Å². The Bertz CT molecular complexity index is 887. The van der Waals surface area contributed by atoms with Crippen LogP contribution in [0.15, 0.2) is 30.3 Å². The van der Waals surface area contributed by atoms with Gasteiger partial charge in [0, 0.05) is 29.5 Å². The van der Waals surface area contributed by atoms with Crippen LogP contribution in [0.2, 0.25) is 0 Å². The van der Waals surface area contributed by atoms with E-state index in [1.807, 2.05) is 0 Å². The molecule has 6 heteroatoms. The second kappa shape index (κ2) is 5.81. The number of anilines is 2. The molecule has 0 heterocycles. The maximum atomic E-state index is 12.9. The minimum Gasteiger partial charge on any atom is -0.469 e. The molecule has 1 aliphatic carbocycles. The van der Waals surface area contributed by atoms with Crippen molar-refractivity contribution in [2.75, 3.05) is 25.2 Å². The van der Waals surface area contributed by atoms with Gasteiger partial charge in [0.05, 0.1) is 24.7 Å². The van der Waals surface area contributed by atoms with Crippen molar-refractivity contribution < 1.29 is 19.1 Å². The number of fused-ring (bicyclic) bond motifs is 2. The van der Waals surface area contributed by atoms with E-state index < -0.39 is 5.97 Å². The summed E-state index contributed by atoms with van der Waals surface area (Å²) in [6.07, 6.45) is -0.0760. The molecule has 0 radical (unpaired) electrons. The SMILES string of the molecule is CNc1cc(CC(=O)OC)c(N)c2c1C(=O)c1ccccc1C2=O. The van der Waals surface area contributed by atoms with Crippen molar-refractivity contribution in [3.63, 3.8) is 0 Å². The predicted octanol–water partition coefficient (Wildman–Crippen LogP) is 1.80. The molecule has 3 rings (SSSR count). The van der Waals surface area contributed by atoms with Gasteiger partial charge in [-0.3, -0.25) is 14.4 Å². The first-order chi connectivity index (χ1) is 11.5. The molecule has 122 valence electrons. The van der Waals surface area contributed by atoms with Crippen molar-refractivity contribution in [1.29, 1.82) is 0 Å². The number of ether oxygens (including phenoxy) is 1. The minimum absolute atomic E-state index is 0.0760. The summed E-state index contributed by atoms with van der Waals surface area (Å²) in [5.74, 6) is -1.06. The van der Waals surface area contributed by atoms with Crippen LogP contribution < -0.4 is 11.1 Å². The number of nitrogens with two attached hydrogens (primary N) is 1. The maximum absolute atomic E-state index is 12.9. The number of carbonyl (C=O) groups is 3. The van der Waals surface area contributed by atoms with Crippen LogP contribution in [-0.4, -0.2) is 31.7 Å². The van der Waals surface area contributed by atoms with E-state index in [2.05, 4.69) is 10.1 Å². The molecule has 0 aliphatic heterocycles. The van der Waals surface area contributed by atoms with Crippen LogP contribution in [0.5, 0.6) is 0 Å². The van der Waals surface area contributed by atoms with Crippen molar-refractivity contribution >= 4 is 28.9 Å². The highest BCUT2D eigenvalue weighted by Crippen LogP contribution is 2.37. The largest absolute Gasteiger partial charge is 0.469 e. The molecular weight excluding hydrogens is 308 g/mol. The van der Waals surface area contributed by atoms with Gasteiger partial charge in [-0.25, -0.2) is 0 Å². The average molecular weight is 324 g/mol. The van der Waals surface area contributed by atoms with Gasteiger partial charge in [-0.1, -0.05) is 24.3 Å². The van der Waals surface area contributed by atoms with Crippen molar-refractivity contribution in [3.8, 4) is 0 Å². The second-order valence-corrected chi connectivity index (χ2v) is 5.45. The maximum Gasteiger partial charge on any atom is 0.310 e. The summed E-state index contributed by atoms with van der Waals surface area (Å²) in [6, 6.07) is 8.25. The highest BCUT2D eigenvalue weighted by Gasteiger charge is 2.34. The Hall–Kier alpha value is -3.15. The van der Waals surface area contributed by atoms with E-state index in [-0.39, 0.29) is 34.8 Å². The van der Waals surface area contributed by atoms with Crippen LogP contribution in [0.3, 0.4) is 0 Å². The number of benzene rings is 2. The third-order valence-corrected chi connectivity index (χ3v) is 4.16. The van der Waals surface area contributed by atoms with Crippen LogP contribution in [0.4, 0.5) is 11.4 Å². The Morgan fingerprint density at radius 1 is 1.12 bits per heavy atom. The van der Waals surface area contributed by atoms with Crippen LogP contribution in [-0.2, 0) is 16.0 Å². The number of esters is 1. The molecule has 0 spiro atoms. The number of rotatable bonds is 3. The molecule has 2 aromatic carbocycles. The number of hydrogen-bond donors (Lipinski definition) is 2. The Kier molecular flexibility index (Phi) is 3.81. The van der Waals surface area contributed by atoms with Crippen molar-refractivity contribution in [2.45, 2.75) is 6.42 Å². The lowest BCUT2D eigenvalue weighted by Crippen LogP contribution is -2.25. The van der Waals surface area contributed by atoms with E-state index >= 15 is 0 Å². The second-order valence-electron chi connectivity index (χ2n) is 5.45. The number of ketones is 2. The number of nitrogens with one attached hydrogen (secondary N) is 1. The smallest absolute Gasteiger partial charge is 0.310 e. The highest BCUT2D eigenvalue weighted by molar-refractivity contribution is 6.32. The Morgan fingerprint density at radius 3 is 2.25 bits per heavy atom. The van der Waals surface area contributed by atoms with Gasteiger partial charge in [0.1, 0.15) is 0 Å². The van der Waals surface area contributed by atoms with Crippen LogP contribution in [0.25, 0.3) is 0 Å². The molecule has 0 aromatic heterocycles. The Balaban J connectivity index is 2.27. The van der Waals surface area contributed by atoms with Gasteiger partial charge in [0.25, 0.3) is 0 Å². The molecule has 0 amide bonds. The molecule has 6 nitrogen and oxygen atoms in total. The summed E-state index contributed by atoms with van der Waals surface area (Å²) in [6.45, 7) is 0. The third kappa shape index (κ3) is 2.23. The molecule has 2 aromatic rings. The lowest BCUT2D eigenvalue weighted by atomic mass is 9.81. The highest BCUT2D eigenvalue weighted by atomic mass is 16.5. The zero-order valence-electron chi connectivity index (χ0n) is 13.3. The fourth-order valence-corrected chi connectivity index (χ4v) is 2.95. The van der Waals surface area contributed by atoms with Gasteiger partial charge in [0.15, 0.2) is 11.6 Å². The van der Waals surface area contributed by atoms with E-state index in [1.165, 1.54) is 7.11 Å². The fourth-order valence-electron chi connectivity index (χ4n) is 2.95. The summed E-state index contributed by atoms with van der Waals surface area (Å²) in [7, 11) is 2.92. The van der Waals surface area contributed by atoms with Crippen molar-refractivity contribution in [2.24, 2.45) is 0 Å². The topological polar surface area (TPSA) is 98.5 Å². The molecule has 24 heavy (non-hydrogen) atoms. The van der Waals surface area contributed by atoms with Gasteiger partial charge < -0.3 is 15.8 Å². The molecular formula is C18H16N2O4. The first kappa shape index (κ1) is 15.7. The van der Waals surface area contributed by atoms with Gasteiger partial charge in [0.2, 0.25) is 0 Å². The molecule has 0 saturated carbocycles. The normalized spacial score (nSPS) is 12.4. The molecule has 0 saturated heterocycles. The summed E-state index contributed by atoms with van der Waals surface area (Å²) in [5, 5.41) is 2.92. The molecule has 0 atom stereocenters. The summed E-state index contributed by atoms with van der Waals surface area (Å²) in [4.78, 5) is 37.3. The first-order valence-electron chi connectivity index (χ1n) is 7.38. The van der Waals surface area contributed by atoms with Crippen molar-refractivity contribution in [3.05, 3.63) is 58.1 Å². The minimum atomic E-state index is -0.473. The fraction of sp³-hybridized carbons (Fsp3) is 0.167. The molecule has 0 bridgehead atoms. The summed E-state index contributed by atoms with van der Waals surface area (Å²) < 4.78 is 4.66. The molecule has 1 aliphatic rings. The Morgan fingerprint density at radius 2 is 1.71 bits per heavy atom. The summed E-state index contributed by atoms with van der Waals surface area (Å²) >= 11 is 0. The zero-order valence-corrected chi connectivity index (χ0v) is 13.3. The zero-order chi connectivity index (χ0) is 17.4. The van der Waals surface area contributed by atoms with Gasteiger partial charge in [-0.15, -0.1) is 0 Å². The monoisotopic (exact) mass is 324 g/mol. The van der Waals surface area contributed by atoms with Crippen LogP contribution in [0, 0.1) is 0 Å². The lowest BCUT2D eigenvalue weighted by Gasteiger charge is -2.23. The number of methoxy groups -OCH3 is 1. The molecule has 0 fully saturated rings. The summed E-state index contributed by atoms with van der Waals surface area (Å²) in [5.41, 5.74) is 8.24. The van der Waals surface area contributed by atoms with Gasteiger partial charge in [-0.2, -0.15) is 0 Å². The van der Waals surface area contributed by atoms with Crippen molar-refractivity contribution in [1.82, 2.24) is 0 Å². The van der Waals surface area contributed by atoms with E-state index in [9.17, 15) is 14.4 Å². The molecule has 0 unspecified atom stereocenters. The van der Waals surface area contributed by atoms with Gasteiger partial charge >= 0.3 is 5.97 Å². The number of hydrogen-bond acceptors (Lipinski definition) is 6. The first-order valence-corrected chi connectivity index (χ1v) is 7.38. The number of nitrogen functional groups attached to an aromatic ring is 1. The Labute approximate surface area is 138 Å². The van der Waals surface area contributed by atoms with E-state index in [0.717, 1.165) is 0 Å².